The van der Waals surface area contributed by atoms with Gasteiger partial charge in [0.25, 0.3) is 5.91 Å². The number of aryl methyl sites for hydroxylation is 1. The largest absolute Gasteiger partial charge is 0.351 e. The number of carbonyl (C=O) groups is 1. The van der Waals surface area contributed by atoms with E-state index in [0.717, 1.165) is 27.1 Å². The number of rotatable bonds is 5. The summed E-state index contributed by atoms with van der Waals surface area (Å²) in [7, 11) is 0. The molecule has 0 aromatic carbocycles. The molecule has 0 spiro atoms. The lowest BCUT2D eigenvalue weighted by Crippen LogP contribution is -2.26. The van der Waals surface area contributed by atoms with Gasteiger partial charge in [-0.15, -0.1) is 32.9 Å². The average Bonchev–Trinajstić information content (AvgIpc) is 3.34. The highest BCUT2D eigenvalue weighted by Gasteiger charge is 2.16. The monoisotopic (exact) mass is 369 g/mol. The SMILES string of the molecule is Cc1nc(-c2cccs2)sc1C(=O)NCCc1nnc2ccccn12. The Morgan fingerprint density at radius 2 is 2.16 bits per heavy atom. The van der Waals surface area contributed by atoms with Gasteiger partial charge in [-0.05, 0) is 30.5 Å². The highest BCUT2D eigenvalue weighted by atomic mass is 32.1. The maximum Gasteiger partial charge on any atom is 0.263 e. The van der Waals surface area contributed by atoms with Crippen LogP contribution in [0.15, 0.2) is 41.9 Å². The first-order valence-corrected chi connectivity index (χ1v) is 9.50. The summed E-state index contributed by atoms with van der Waals surface area (Å²) in [5, 5.41) is 14.1. The van der Waals surface area contributed by atoms with Gasteiger partial charge in [0.15, 0.2) is 5.65 Å². The Hall–Kier alpha value is -2.58. The Morgan fingerprint density at radius 3 is 3.00 bits per heavy atom. The van der Waals surface area contributed by atoms with Gasteiger partial charge < -0.3 is 5.32 Å². The predicted octanol–water partition coefficient (Wildman–Crippen LogP) is 3.20. The summed E-state index contributed by atoms with van der Waals surface area (Å²) >= 11 is 3.06. The molecule has 0 radical (unpaired) electrons. The topological polar surface area (TPSA) is 72.2 Å². The summed E-state index contributed by atoms with van der Waals surface area (Å²) in [6.07, 6.45) is 2.54. The number of hydrogen-bond donors (Lipinski definition) is 1. The van der Waals surface area contributed by atoms with Gasteiger partial charge in [0, 0.05) is 19.2 Å². The van der Waals surface area contributed by atoms with Gasteiger partial charge in [0.1, 0.15) is 15.7 Å². The first-order chi connectivity index (χ1) is 12.2. The van der Waals surface area contributed by atoms with Crippen molar-refractivity contribution in [3.05, 3.63) is 58.3 Å². The van der Waals surface area contributed by atoms with Crippen molar-refractivity contribution in [2.45, 2.75) is 13.3 Å². The summed E-state index contributed by atoms with van der Waals surface area (Å²) in [5.74, 6) is 0.739. The molecule has 0 aliphatic heterocycles. The molecule has 6 nitrogen and oxygen atoms in total. The molecule has 0 fully saturated rings. The molecule has 4 heterocycles. The number of thiazole rings is 1. The molecule has 0 atom stereocenters. The van der Waals surface area contributed by atoms with Gasteiger partial charge in [0.2, 0.25) is 0 Å². The summed E-state index contributed by atoms with van der Waals surface area (Å²) in [5.41, 5.74) is 1.57. The minimum Gasteiger partial charge on any atom is -0.351 e. The normalized spacial score (nSPS) is 11.1. The first kappa shape index (κ1) is 15.9. The van der Waals surface area contributed by atoms with E-state index in [1.165, 1.54) is 11.3 Å². The van der Waals surface area contributed by atoms with Gasteiger partial charge in [-0.25, -0.2) is 4.98 Å². The van der Waals surface area contributed by atoms with Crippen molar-refractivity contribution in [3.8, 4) is 9.88 Å². The minimum absolute atomic E-state index is 0.0911. The molecule has 0 aliphatic rings. The smallest absolute Gasteiger partial charge is 0.263 e. The summed E-state index contributed by atoms with van der Waals surface area (Å²) in [4.78, 5) is 18.7. The molecule has 0 unspecified atom stereocenters. The van der Waals surface area contributed by atoms with Gasteiger partial charge in [0.05, 0.1) is 10.6 Å². The zero-order chi connectivity index (χ0) is 17.2. The molecule has 4 rings (SSSR count). The van der Waals surface area contributed by atoms with E-state index in [2.05, 4.69) is 20.5 Å². The van der Waals surface area contributed by atoms with E-state index in [1.807, 2.05) is 53.2 Å². The third-order valence-corrected chi connectivity index (χ3v) is 5.95. The molecule has 0 aliphatic carbocycles. The van der Waals surface area contributed by atoms with E-state index >= 15 is 0 Å². The average molecular weight is 369 g/mol. The quantitative estimate of drug-likeness (QED) is 0.586. The van der Waals surface area contributed by atoms with Crippen LogP contribution in [-0.2, 0) is 6.42 Å². The maximum atomic E-state index is 12.5. The van der Waals surface area contributed by atoms with E-state index in [9.17, 15) is 4.79 Å². The number of thiophene rings is 1. The van der Waals surface area contributed by atoms with Crippen molar-refractivity contribution in [1.82, 2.24) is 24.9 Å². The highest BCUT2D eigenvalue weighted by molar-refractivity contribution is 7.22. The van der Waals surface area contributed by atoms with Crippen LogP contribution in [0.1, 0.15) is 21.2 Å². The van der Waals surface area contributed by atoms with Crippen LogP contribution >= 0.6 is 22.7 Å². The standard InChI is InChI=1S/C17H15N5OS2/c1-11-15(25-17(19-11)12-5-4-10-24-12)16(23)18-8-7-14-21-20-13-6-2-3-9-22(13)14/h2-6,9-10H,7-8H2,1H3,(H,18,23). The van der Waals surface area contributed by atoms with E-state index < -0.39 is 0 Å². The predicted molar refractivity (Wildman–Crippen MR) is 99.2 cm³/mol. The van der Waals surface area contributed by atoms with E-state index in [-0.39, 0.29) is 5.91 Å². The molecule has 0 saturated heterocycles. The number of nitrogens with one attached hydrogen (secondary N) is 1. The van der Waals surface area contributed by atoms with Crippen LogP contribution < -0.4 is 5.32 Å². The second kappa shape index (κ2) is 6.73. The lowest BCUT2D eigenvalue weighted by atomic mass is 10.3. The van der Waals surface area contributed by atoms with Crippen molar-refractivity contribution in [2.75, 3.05) is 6.54 Å². The van der Waals surface area contributed by atoms with Gasteiger partial charge >= 0.3 is 0 Å². The van der Waals surface area contributed by atoms with Crippen molar-refractivity contribution in [3.63, 3.8) is 0 Å². The van der Waals surface area contributed by atoms with Crippen LogP contribution in [0.25, 0.3) is 15.5 Å². The Kier molecular flexibility index (Phi) is 4.29. The van der Waals surface area contributed by atoms with E-state index in [0.29, 0.717) is 17.8 Å². The molecule has 25 heavy (non-hydrogen) atoms. The maximum absolute atomic E-state index is 12.5. The molecule has 8 heteroatoms. The van der Waals surface area contributed by atoms with Crippen molar-refractivity contribution < 1.29 is 4.79 Å². The van der Waals surface area contributed by atoms with Crippen LogP contribution in [0.2, 0.25) is 0 Å². The number of fused-ring (bicyclic) bond motifs is 1. The van der Waals surface area contributed by atoms with Crippen LogP contribution in [-0.4, -0.2) is 32.0 Å². The fourth-order valence-corrected chi connectivity index (χ4v) is 4.32. The van der Waals surface area contributed by atoms with Crippen molar-refractivity contribution in [2.24, 2.45) is 0 Å². The lowest BCUT2D eigenvalue weighted by Gasteiger charge is -2.03. The molecule has 0 bridgehead atoms. The van der Waals surface area contributed by atoms with Crippen molar-refractivity contribution >= 4 is 34.2 Å². The first-order valence-electron chi connectivity index (χ1n) is 7.80. The second-order valence-corrected chi connectivity index (χ2v) is 7.41. The number of amides is 1. The Bertz CT molecular complexity index is 1020. The van der Waals surface area contributed by atoms with Gasteiger partial charge in [-0.3, -0.25) is 9.20 Å². The second-order valence-electron chi connectivity index (χ2n) is 5.46. The lowest BCUT2D eigenvalue weighted by molar-refractivity contribution is 0.0957. The highest BCUT2D eigenvalue weighted by Crippen LogP contribution is 2.30. The number of hydrogen-bond acceptors (Lipinski definition) is 6. The van der Waals surface area contributed by atoms with Crippen molar-refractivity contribution in [1.29, 1.82) is 0 Å². The zero-order valence-corrected chi connectivity index (χ0v) is 15.1. The third-order valence-electron chi connectivity index (χ3n) is 3.75. The number of carbonyl (C=O) groups excluding carboxylic acids is 1. The van der Waals surface area contributed by atoms with Crippen LogP contribution in [0.3, 0.4) is 0 Å². The summed E-state index contributed by atoms with van der Waals surface area (Å²) in [6, 6.07) is 9.76. The number of nitrogens with zero attached hydrogens (tertiary/aromatic N) is 4. The van der Waals surface area contributed by atoms with Gasteiger partial charge in [-0.1, -0.05) is 12.1 Å². The van der Waals surface area contributed by atoms with Gasteiger partial charge in [-0.2, -0.15) is 0 Å². The number of pyridine rings is 1. The molecule has 1 N–H and O–H groups in total. The molecule has 4 aromatic rings. The van der Waals surface area contributed by atoms with Crippen LogP contribution in [0.4, 0.5) is 0 Å². The fraction of sp³-hybridized carbons (Fsp3) is 0.176. The van der Waals surface area contributed by atoms with Crippen LogP contribution in [0, 0.1) is 6.92 Å². The van der Waals surface area contributed by atoms with E-state index in [4.69, 9.17) is 0 Å². The molecule has 4 aromatic heterocycles. The zero-order valence-electron chi connectivity index (χ0n) is 13.5. The molecular weight excluding hydrogens is 354 g/mol. The summed E-state index contributed by atoms with van der Waals surface area (Å²) < 4.78 is 1.93. The van der Waals surface area contributed by atoms with Crippen LogP contribution in [0.5, 0.6) is 0 Å². The van der Waals surface area contributed by atoms with E-state index in [1.54, 1.807) is 11.3 Å². The molecule has 1 amide bonds. The minimum atomic E-state index is -0.0911. The summed E-state index contributed by atoms with van der Waals surface area (Å²) in [6.45, 7) is 2.37. The Morgan fingerprint density at radius 1 is 1.24 bits per heavy atom. The third kappa shape index (κ3) is 3.18. The fourth-order valence-electron chi connectivity index (χ4n) is 2.54. The Labute approximate surface area is 152 Å². The molecule has 0 saturated carbocycles. The molecule has 126 valence electrons. The Balaban J connectivity index is 1.42. The molecular formula is C17H15N5OS2. The number of aromatic nitrogens is 4.